The van der Waals surface area contributed by atoms with E-state index in [2.05, 4.69) is 0 Å². The fourth-order valence-corrected chi connectivity index (χ4v) is 3.70. The maximum atomic E-state index is 12.6. The maximum absolute atomic E-state index is 12.6. The summed E-state index contributed by atoms with van der Waals surface area (Å²) < 4.78 is 25.2. The minimum atomic E-state index is -3.96. The fraction of sp³-hybridized carbons (Fsp3) is 0.0625. The number of nitrogens with zero attached hydrogens (tertiary/aromatic N) is 1. The predicted molar refractivity (Wildman–Crippen MR) is 79.1 cm³/mol. The van der Waals surface area contributed by atoms with E-state index in [1.807, 2.05) is 0 Å². The van der Waals surface area contributed by atoms with Crippen molar-refractivity contribution >= 4 is 27.6 Å². The van der Waals surface area contributed by atoms with E-state index in [-0.39, 0.29) is 26.5 Å². The normalized spacial score (nSPS) is 14.0. The first kappa shape index (κ1) is 15.9. The zero-order valence-corrected chi connectivity index (χ0v) is 13.2. The Morgan fingerprint density at radius 1 is 0.917 bits per heavy atom. The number of carbonyl (C=O) groups is 3. The standard InChI is InChI=1S/C16H11NO6S/c1-17-14(18)12-7-6-11(8-13(12)15(17)19)24(22,23)10-4-2-9(3-5-10)16(20)21/h2-8H,1H3,(H,20,21)/p-1. The Morgan fingerprint density at radius 3 is 2.04 bits per heavy atom. The lowest BCUT2D eigenvalue weighted by Crippen LogP contribution is -2.24. The van der Waals surface area contributed by atoms with Crippen LogP contribution in [0.25, 0.3) is 0 Å². The molecule has 8 heteroatoms. The van der Waals surface area contributed by atoms with Gasteiger partial charge in [-0.2, -0.15) is 0 Å². The molecule has 0 N–H and O–H groups in total. The molecule has 0 fully saturated rings. The monoisotopic (exact) mass is 344 g/mol. The highest BCUT2D eigenvalue weighted by atomic mass is 32.2. The quantitative estimate of drug-likeness (QED) is 0.731. The summed E-state index contributed by atoms with van der Waals surface area (Å²) in [5.74, 6) is -2.47. The van der Waals surface area contributed by atoms with Gasteiger partial charge in [0.05, 0.1) is 26.9 Å². The highest BCUT2D eigenvalue weighted by Gasteiger charge is 2.34. The van der Waals surface area contributed by atoms with Gasteiger partial charge in [-0.25, -0.2) is 8.42 Å². The summed E-state index contributed by atoms with van der Waals surface area (Å²) in [6, 6.07) is 8.23. The molecule has 0 radical (unpaired) electrons. The van der Waals surface area contributed by atoms with Crippen LogP contribution in [0.3, 0.4) is 0 Å². The molecule has 0 saturated heterocycles. The van der Waals surface area contributed by atoms with Crippen LogP contribution >= 0.6 is 0 Å². The number of carboxylic acid groups (broad SMARTS) is 1. The molecule has 0 bridgehead atoms. The van der Waals surface area contributed by atoms with Gasteiger partial charge in [0.1, 0.15) is 0 Å². The van der Waals surface area contributed by atoms with Gasteiger partial charge in [-0.05, 0) is 35.9 Å². The van der Waals surface area contributed by atoms with Gasteiger partial charge in [0.15, 0.2) is 0 Å². The van der Waals surface area contributed by atoms with Gasteiger partial charge in [-0.15, -0.1) is 0 Å². The Bertz CT molecular complexity index is 992. The first-order valence-corrected chi connectivity index (χ1v) is 8.25. The smallest absolute Gasteiger partial charge is 0.261 e. The van der Waals surface area contributed by atoms with Gasteiger partial charge in [0.25, 0.3) is 11.8 Å². The van der Waals surface area contributed by atoms with Crippen LogP contribution in [-0.4, -0.2) is 38.1 Å². The SMILES string of the molecule is CN1C(=O)c2ccc(S(=O)(=O)c3ccc(C(=O)[O-])cc3)cc2C1=O. The number of amides is 2. The number of carboxylic acids is 1. The fourth-order valence-electron chi connectivity index (χ4n) is 2.41. The molecular weight excluding hydrogens is 334 g/mol. The maximum Gasteiger partial charge on any atom is 0.261 e. The second-order valence-corrected chi connectivity index (χ2v) is 7.14. The third-order valence-electron chi connectivity index (χ3n) is 3.77. The second-order valence-electron chi connectivity index (χ2n) is 5.19. The van der Waals surface area contributed by atoms with Gasteiger partial charge in [0.2, 0.25) is 9.84 Å². The average Bonchev–Trinajstić information content (AvgIpc) is 2.79. The molecule has 0 atom stereocenters. The number of sulfone groups is 1. The van der Waals surface area contributed by atoms with Crippen molar-refractivity contribution in [1.29, 1.82) is 0 Å². The summed E-state index contributed by atoms with van der Waals surface area (Å²) in [5, 5.41) is 10.7. The van der Waals surface area contributed by atoms with Crippen LogP contribution in [0.4, 0.5) is 0 Å². The third kappa shape index (κ3) is 2.28. The molecule has 2 amide bonds. The minimum Gasteiger partial charge on any atom is -0.545 e. The zero-order valence-electron chi connectivity index (χ0n) is 12.3. The third-order valence-corrected chi connectivity index (χ3v) is 5.54. The summed E-state index contributed by atoms with van der Waals surface area (Å²) in [6.45, 7) is 0. The summed E-state index contributed by atoms with van der Waals surface area (Å²) in [4.78, 5) is 35.2. The van der Waals surface area contributed by atoms with Crippen molar-refractivity contribution in [3.8, 4) is 0 Å². The van der Waals surface area contributed by atoms with Crippen LogP contribution in [0.5, 0.6) is 0 Å². The topological polar surface area (TPSA) is 112 Å². The lowest BCUT2D eigenvalue weighted by molar-refractivity contribution is -0.255. The number of hydrogen-bond donors (Lipinski definition) is 0. The Labute approximate surface area is 137 Å². The molecule has 1 aliphatic heterocycles. The molecule has 7 nitrogen and oxygen atoms in total. The number of aromatic carboxylic acids is 1. The number of carbonyl (C=O) groups excluding carboxylic acids is 3. The molecule has 1 heterocycles. The van der Waals surface area contributed by atoms with E-state index in [0.717, 1.165) is 35.2 Å². The Hall–Kier alpha value is -3.00. The number of hydrogen-bond acceptors (Lipinski definition) is 6. The zero-order chi connectivity index (χ0) is 17.6. The van der Waals surface area contributed by atoms with Crippen LogP contribution in [0.15, 0.2) is 52.3 Å². The molecule has 0 saturated carbocycles. The first-order valence-electron chi connectivity index (χ1n) is 6.76. The number of imide groups is 1. The van der Waals surface area contributed by atoms with Crippen molar-refractivity contribution in [3.05, 3.63) is 59.2 Å². The van der Waals surface area contributed by atoms with Crippen LogP contribution in [0.2, 0.25) is 0 Å². The largest absolute Gasteiger partial charge is 0.545 e. The van der Waals surface area contributed by atoms with Crippen LogP contribution in [0, 0.1) is 0 Å². The lowest BCUT2D eigenvalue weighted by Gasteiger charge is -2.07. The predicted octanol–water partition coefficient (Wildman–Crippen LogP) is 0.109. The van der Waals surface area contributed by atoms with Crippen molar-refractivity contribution < 1.29 is 27.9 Å². The summed E-state index contributed by atoms with van der Waals surface area (Å²) in [5.41, 5.74) is 0.0222. The number of benzene rings is 2. The van der Waals surface area contributed by atoms with E-state index < -0.39 is 27.6 Å². The molecule has 0 unspecified atom stereocenters. The molecule has 0 spiro atoms. The van der Waals surface area contributed by atoms with Gasteiger partial charge in [-0.3, -0.25) is 14.5 Å². The molecule has 24 heavy (non-hydrogen) atoms. The van der Waals surface area contributed by atoms with Gasteiger partial charge in [-0.1, -0.05) is 12.1 Å². The number of rotatable bonds is 3. The highest BCUT2D eigenvalue weighted by Crippen LogP contribution is 2.28. The summed E-state index contributed by atoms with van der Waals surface area (Å²) >= 11 is 0. The Morgan fingerprint density at radius 2 is 1.46 bits per heavy atom. The molecule has 122 valence electrons. The molecule has 0 aromatic heterocycles. The molecule has 3 rings (SSSR count). The van der Waals surface area contributed by atoms with E-state index in [1.165, 1.54) is 19.2 Å². The van der Waals surface area contributed by atoms with Crippen molar-refractivity contribution in [3.63, 3.8) is 0 Å². The van der Waals surface area contributed by atoms with Crippen molar-refractivity contribution in [2.24, 2.45) is 0 Å². The van der Waals surface area contributed by atoms with Crippen molar-refractivity contribution in [1.82, 2.24) is 4.90 Å². The molecule has 2 aromatic carbocycles. The van der Waals surface area contributed by atoms with Gasteiger partial charge < -0.3 is 9.90 Å². The van der Waals surface area contributed by atoms with E-state index in [0.29, 0.717) is 0 Å². The van der Waals surface area contributed by atoms with Gasteiger partial charge in [0, 0.05) is 7.05 Å². The van der Waals surface area contributed by atoms with E-state index in [1.54, 1.807) is 0 Å². The first-order chi connectivity index (χ1) is 11.2. The molecule has 2 aromatic rings. The van der Waals surface area contributed by atoms with Crippen molar-refractivity contribution in [2.45, 2.75) is 9.79 Å². The van der Waals surface area contributed by atoms with E-state index in [4.69, 9.17) is 0 Å². The lowest BCUT2D eigenvalue weighted by atomic mass is 10.1. The average molecular weight is 344 g/mol. The summed E-state index contributed by atoms with van der Waals surface area (Å²) in [7, 11) is -2.64. The van der Waals surface area contributed by atoms with Crippen molar-refractivity contribution in [2.75, 3.05) is 7.05 Å². The minimum absolute atomic E-state index is 0.0231. The summed E-state index contributed by atoms with van der Waals surface area (Å²) in [6.07, 6.45) is 0. The number of fused-ring (bicyclic) bond motifs is 1. The van der Waals surface area contributed by atoms with E-state index in [9.17, 15) is 27.9 Å². The Kier molecular flexibility index (Phi) is 3.49. The highest BCUT2D eigenvalue weighted by molar-refractivity contribution is 7.91. The molecular formula is C16H10NO6S-. The second kappa shape index (κ2) is 5.27. The van der Waals surface area contributed by atoms with Crippen LogP contribution < -0.4 is 5.11 Å². The van der Waals surface area contributed by atoms with Crippen LogP contribution in [0.1, 0.15) is 31.1 Å². The molecule has 0 aliphatic carbocycles. The Balaban J connectivity index is 2.07. The van der Waals surface area contributed by atoms with Crippen LogP contribution in [-0.2, 0) is 9.84 Å². The van der Waals surface area contributed by atoms with Gasteiger partial charge >= 0.3 is 0 Å². The molecule has 1 aliphatic rings. The van der Waals surface area contributed by atoms with E-state index >= 15 is 0 Å².